The molecule has 1 rings (SSSR count). The quantitative estimate of drug-likeness (QED) is 0.732. The van der Waals surface area contributed by atoms with Gasteiger partial charge in [0, 0.05) is 17.6 Å². The predicted molar refractivity (Wildman–Crippen MR) is 78.3 cm³/mol. The summed E-state index contributed by atoms with van der Waals surface area (Å²) in [5.74, 6) is 0. The van der Waals surface area contributed by atoms with E-state index < -0.39 is 10.0 Å². The molecule has 1 aromatic rings. The molecule has 0 aliphatic heterocycles. The first-order chi connectivity index (χ1) is 8.86. The first-order valence-electron chi connectivity index (χ1n) is 5.96. The Labute approximate surface area is 122 Å². The van der Waals surface area contributed by atoms with Gasteiger partial charge in [-0.2, -0.15) is 0 Å². The first kappa shape index (κ1) is 16.6. The van der Waals surface area contributed by atoms with E-state index in [1.807, 2.05) is 13.8 Å². The molecule has 0 radical (unpaired) electrons. The minimum atomic E-state index is -3.55. The van der Waals surface area contributed by atoms with E-state index in [9.17, 15) is 8.42 Å². The third-order valence-electron chi connectivity index (χ3n) is 2.37. The third-order valence-corrected chi connectivity index (χ3v) is 4.82. The summed E-state index contributed by atoms with van der Waals surface area (Å²) in [5, 5.41) is 0. The fourth-order valence-electron chi connectivity index (χ4n) is 1.43. The number of nitrogens with one attached hydrogen (secondary N) is 1. The molecule has 19 heavy (non-hydrogen) atoms. The lowest BCUT2D eigenvalue weighted by Gasteiger charge is -2.11. The van der Waals surface area contributed by atoms with Crippen LogP contribution in [0.4, 0.5) is 0 Å². The standard InChI is InChI=1S/C12H19BrN2O3S/c1-9(2)18-6-5-15-19(16,17)12-7-10(8-14)3-4-11(12)13/h3-4,7,9,15H,5-6,8,14H2,1-2H3. The Morgan fingerprint density at radius 2 is 2.11 bits per heavy atom. The Bertz CT molecular complexity index is 518. The summed E-state index contributed by atoms with van der Waals surface area (Å²) in [7, 11) is -3.55. The van der Waals surface area contributed by atoms with Crippen LogP contribution in [0.1, 0.15) is 19.4 Å². The van der Waals surface area contributed by atoms with Crippen molar-refractivity contribution in [2.75, 3.05) is 13.2 Å². The number of hydrogen-bond acceptors (Lipinski definition) is 4. The average molecular weight is 351 g/mol. The molecule has 108 valence electrons. The van der Waals surface area contributed by atoms with Crippen molar-refractivity contribution in [1.82, 2.24) is 4.72 Å². The molecular formula is C12H19BrN2O3S. The Morgan fingerprint density at radius 3 is 2.68 bits per heavy atom. The fraction of sp³-hybridized carbons (Fsp3) is 0.500. The van der Waals surface area contributed by atoms with E-state index in [0.717, 1.165) is 5.56 Å². The Kier molecular flexibility index (Phi) is 6.41. The third kappa shape index (κ3) is 5.19. The van der Waals surface area contributed by atoms with Gasteiger partial charge in [-0.15, -0.1) is 0 Å². The van der Waals surface area contributed by atoms with Gasteiger partial charge in [0.15, 0.2) is 0 Å². The van der Waals surface area contributed by atoms with Crippen molar-refractivity contribution in [3.05, 3.63) is 28.2 Å². The zero-order valence-electron chi connectivity index (χ0n) is 11.0. The van der Waals surface area contributed by atoms with E-state index in [-0.39, 0.29) is 17.5 Å². The van der Waals surface area contributed by atoms with E-state index in [1.165, 1.54) is 0 Å². The molecule has 0 bridgehead atoms. The summed E-state index contributed by atoms with van der Waals surface area (Å²) in [6.45, 7) is 4.67. The van der Waals surface area contributed by atoms with Gasteiger partial charge in [-0.05, 0) is 47.5 Å². The van der Waals surface area contributed by atoms with Crippen LogP contribution in [0.5, 0.6) is 0 Å². The Morgan fingerprint density at radius 1 is 1.42 bits per heavy atom. The lowest BCUT2D eigenvalue weighted by molar-refractivity contribution is 0.0834. The summed E-state index contributed by atoms with van der Waals surface area (Å²) in [5.41, 5.74) is 6.28. The maximum absolute atomic E-state index is 12.1. The Balaban J connectivity index is 2.77. The van der Waals surface area contributed by atoms with Crippen molar-refractivity contribution in [3.63, 3.8) is 0 Å². The van der Waals surface area contributed by atoms with Gasteiger partial charge >= 0.3 is 0 Å². The highest BCUT2D eigenvalue weighted by Crippen LogP contribution is 2.22. The summed E-state index contributed by atoms with van der Waals surface area (Å²) >= 11 is 3.24. The van der Waals surface area contributed by atoms with Gasteiger partial charge in [-0.1, -0.05) is 6.07 Å². The molecule has 1 aromatic carbocycles. The van der Waals surface area contributed by atoms with E-state index in [2.05, 4.69) is 20.7 Å². The highest BCUT2D eigenvalue weighted by atomic mass is 79.9. The molecular weight excluding hydrogens is 332 g/mol. The van der Waals surface area contributed by atoms with E-state index in [0.29, 0.717) is 17.6 Å². The zero-order chi connectivity index (χ0) is 14.5. The molecule has 0 unspecified atom stereocenters. The predicted octanol–water partition coefficient (Wildman–Crippen LogP) is 1.61. The summed E-state index contributed by atoms with van der Waals surface area (Å²) in [4.78, 5) is 0.194. The van der Waals surface area contributed by atoms with Crippen LogP contribution in [0.25, 0.3) is 0 Å². The fourth-order valence-corrected chi connectivity index (χ4v) is 3.45. The summed E-state index contributed by atoms with van der Waals surface area (Å²) in [6.07, 6.45) is 0.0804. The van der Waals surface area contributed by atoms with Crippen LogP contribution in [0.15, 0.2) is 27.6 Å². The van der Waals surface area contributed by atoms with Crippen molar-refractivity contribution in [3.8, 4) is 0 Å². The van der Waals surface area contributed by atoms with Crippen LogP contribution in [0.2, 0.25) is 0 Å². The first-order valence-corrected chi connectivity index (χ1v) is 8.24. The minimum absolute atomic E-state index is 0.0804. The van der Waals surface area contributed by atoms with Gasteiger partial charge in [0.05, 0.1) is 17.6 Å². The molecule has 0 aromatic heterocycles. The van der Waals surface area contributed by atoms with Crippen LogP contribution < -0.4 is 10.5 Å². The number of nitrogens with two attached hydrogens (primary N) is 1. The van der Waals surface area contributed by atoms with Gasteiger partial charge in [-0.25, -0.2) is 13.1 Å². The normalized spacial score (nSPS) is 12.1. The number of sulfonamides is 1. The lowest BCUT2D eigenvalue weighted by atomic mass is 10.2. The molecule has 7 heteroatoms. The molecule has 0 atom stereocenters. The molecule has 0 aliphatic rings. The molecule has 0 fully saturated rings. The molecule has 0 amide bonds. The number of hydrogen-bond donors (Lipinski definition) is 2. The smallest absolute Gasteiger partial charge is 0.241 e. The maximum Gasteiger partial charge on any atom is 0.241 e. The second-order valence-corrected chi connectivity index (χ2v) is 6.88. The van der Waals surface area contributed by atoms with Gasteiger partial charge in [-0.3, -0.25) is 0 Å². The monoisotopic (exact) mass is 350 g/mol. The molecule has 0 saturated heterocycles. The average Bonchev–Trinajstić information content (AvgIpc) is 2.35. The maximum atomic E-state index is 12.1. The molecule has 0 spiro atoms. The highest BCUT2D eigenvalue weighted by molar-refractivity contribution is 9.10. The molecule has 0 aliphatic carbocycles. The van der Waals surface area contributed by atoms with Crippen molar-refractivity contribution in [1.29, 1.82) is 0 Å². The van der Waals surface area contributed by atoms with Gasteiger partial charge in [0.25, 0.3) is 0 Å². The van der Waals surface area contributed by atoms with Crippen LogP contribution in [-0.2, 0) is 21.3 Å². The van der Waals surface area contributed by atoms with Crippen LogP contribution in [-0.4, -0.2) is 27.7 Å². The van der Waals surface area contributed by atoms with Gasteiger partial charge in [0.1, 0.15) is 0 Å². The van der Waals surface area contributed by atoms with Gasteiger partial charge < -0.3 is 10.5 Å². The molecule has 0 heterocycles. The van der Waals surface area contributed by atoms with Crippen molar-refractivity contribution in [2.45, 2.75) is 31.4 Å². The number of halogens is 1. The number of ether oxygens (including phenoxy) is 1. The topological polar surface area (TPSA) is 81.4 Å². The molecule has 0 saturated carbocycles. The largest absolute Gasteiger partial charge is 0.377 e. The summed E-state index contributed by atoms with van der Waals surface area (Å²) in [6, 6.07) is 5.03. The van der Waals surface area contributed by atoms with E-state index in [4.69, 9.17) is 10.5 Å². The van der Waals surface area contributed by atoms with Crippen LogP contribution in [0, 0.1) is 0 Å². The number of benzene rings is 1. The number of rotatable bonds is 7. The Hall–Kier alpha value is -0.470. The van der Waals surface area contributed by atoms with E-state index in [1.54, 1.807) is 18.2 Å². The molecule has 3 N–H and O–H groups in total. The summed E-state index contributed by atoms with van der Waals surface area (Å²) < 4.78 is 32.6. The van der Waals surface area contributed by atoms with Crippen molar-refractivity contribution in [2.24, 2.45) is 5.73 Å². The highest BCUT2D eigenvalue weighted by Gasteiger charge is 2.17. The van der Waals surface area contributed by atoms with Crippen LogP contribution in [0.3, 0.4) is 0 Å². The minimum Gasteiger partial charge on any atom is -0.377 e. The molecule has 5 nitrogen and oxygen atoms in total. The second kappa shape index (κ2) is 7.35. The second-order valence-electron chi connectivity index (χ2n) is 4.29. The van der Waals surface area contributed by atoms with Crippen LogP contribution >= 0.6 is 15.9 Å². The zero-order valence-corrected chi connectivity index (χ0v) is 13.4. The van der Waals surface area contributed by atoms with Crippen molar-refractivity contribution < 1.29 is 13.2 Å². The van der Waals surface area contributed by atoms with Gasteiger partial charge in [0.2, 0.25) is 10.0 Å². The van der Waals surface area contributed by atoms with E-state index >= 15 is 0 Å². The van der Waals surface area contributed by atoms with Crippen molar-refractivity contribution >= 4 is 26.0 Å². The SMILES string of the molecule is CC(C)OCCNS(=O)(=O)c1cc(CN)ccc1Br. The lowest BCUT2D eigenvalue weighted by Crippen LogP contribution is -2.28.